The van der Waals surface area contributed by atoms with Crippen LogP contribution in [-0.4, -0.2) is 39.2 Å². The van der Waals surface area contributed by atoms with Gasteiger partial charge in [0, 0.05) is 12.7 Å². The van der Waals surface area contributed by atoms with Gasteiger partial charge in [-0.15, -0.1) is 0 Å². The first kappa shape index (κ1) is 10.1. The van der Waals surface area contributed by atoms with Crippen molar-refractivity contribution < 1.29 is 23.5 Å². The van der Waals surface area contributed by atoms with Crippen molar-refractivity contribution in [1.82, 2.24) is 0 Å². The molecule has 1 aliphatic rings. The van der Waals surface area contributed by atoms with Crippen LogP contribution >= 0.6 is 0 Å². The molecule has 0 bridgehead atoms. The van der Waals surface area contributed by atoms with Crippen molar-refractivity contribution >= 4 is 8.80 Å². The van der Waals surface area contributed by atoms with Crippen LogP contribution in [0.4, 0.5) is 0 Å². The first-order valence-corrected chi connectivity index (χ1v) is 5.90. The smallest absolute Gasteiger partial charge is 0.373 e. The molecule has 72 valence electrons. The summed E-state index contributed by atoms with van der Waals surface area (Å²) in [7, 11) is -2.68. The maximum absolute atomic E-state index is 8.58. The molecule has 5 nitrogen and oxygen atoms in total. The van der Waals surface area contributed by atoms with Crippen molar-refractivity contribution in [1.29, 1.82) is 0 Å². The summed E-state index contributed by atoms with van der Waals surface area (Å²) in [5, 5.41) is 17.2. The van der Waals surface area contributed by atoms with Crippen LogP contribution in [0, 0.1) is 0 Å². The van der Waals surface area contributed by atoms with Gasteiger partial charge in [-0.05, 0) is 12.8 Å². The van der Waals surface area contributed by atoms with E-state index >= 15 is 0 Å². The van der Waals surface area contributed by atoms with Crippen LogP contribution < -0.4 is 0 Å². The highest BCUT2D eigenvalue weighted by Crippen LogP contribution is 2.23. The zero-order chi connectivity index (χ0) is 8.86. The molecule has 0 spiro atoms. The van der Waals surface area contributed by atoms with Crippen LogP contribution in [0.5, 0.6) is 0 Å². The van der Waals surface area contributed by atoms with E-state index in [4.69, 9.17) is 23.5 Å². The molecule has 0 amide bonds. The quantitative estimate of drug-likeness (QED) is 0.474. The predicted octanol–water partition coefficient (Wildman–Crippen LogP) is -0.332. The second-order valence-corrected chi connectivity index (χ2v) is 5.27. The lowest BCUT2D eigenvalue weighted by Gasteiger charge is -2.31. The van der Waals surface area contributed by atoms with Gasteiger partial charge in [-0.25, -0.2) is 0 Å². The average Bonchev–Trinajstić information content (AvgIpc) is 2.07. The Kier molecular flexibility index (Phi) is 4.13. The Balaban J connectivity index is 2.44. The molecule has 0 aliphatic carbocycles. The molecule has 0 aromatic carbocycles. The van der Waals surface area contributed by atoms with E-state index < -0.39 is 22.4 Å². The maximum atomic E-state index is 8.58. The molecule has 1 heterocycles. The summed E-state index contributed by atoms with van der Waals surface area (Å²) >= 11 is 0. The third-order valence-corrected chi connectivity index (χ3v) is 4.52. The lowest BCUT2D eigenvalue weighted by Crippen LogP contribution is -2.48. The second-order valence-electron chi connectivity index (χ2n) is 2.54. The Hall–Kier alpha value is 0.0169. The van der Waals surface area contributed by atoms with Crippen LogP contribution in [0.2, 0.25) is 6.04 Å². The summed E-state index contributed by atoms with van der Waals surface area (Å²) in [6.07, 6.45) is 1.95. The van der Waals surface area contributed by atoms with E-state index in [-0.39, 0.29) is 0 Å². The number of hydrogen-bond acceptors (Lipinski definition) is 5. The van der Waals surface area contributed by atoms with Crippen molar-refractivity contribution in [3.63, 3.8) is 0 Å². The van der Waals surface area contributed by atoms with E-state index in [1.807, 2.05) is 0 Å². The minimum absolute atomic E-state index is 0.410. The molecule has 0 aromatic heterocycles. The fourth-order valence-electron chi connectivity index (χ4n) is 1.21. The summed E-state index contributed by atoms with van der Waals surface area (Å²) in [5.41, 5.74) is 0. The maximum Gasteiger partial charge on any atom is 0.504 e. The first-order valence-electron chi connectivity index (χ1n) is 3.96. The lowest BCUT2D eigenvalue weighted by molar-refractivity contribution is -0.0432. The molecule has 1 aliphatic heterocycles. The Morgan fingerprint density at radius 1 is 1.17 bits per heavy atom. The van der Waals surface area contributed by atoms with Gasteiger partial charge < -0.3 is 23.5 Å². The second kappa shape index (κ2) is 4.90. The van der Waals surface area contributed by atoms with Gasteiger partial charge in [0.2, 0.25) is 0 Å². The zero-order valence-electron chi connectivity index (χ0n) is 6.86. The van der Waals surface area contributed by atoms with Crippen LogP contribution in [0.1, 0.15) is 12.8 Å². The van der Waals surface area contributed by atoms with Gasteiger partial charge in [-0.3, -0.25) is 0 Å². The SMILES string of the molecule is OCO[Si]1(OCO)CCCCO1. The first-order chi connectivity index (χ1) is 5.83. The Morgan fingerprint density at radius 2 is 1.83 bits per heavy atom. The molecule has 1 rings (SSSR count). The normalized spacial score (nSPS) is 22.5. The van der Waals surface area contributed by atoms with Crippen molar-refractivity contribution in [2.75, 3.05) is 20.2 Å². The molecule has 2 N–H and O–H groups in total. The summed E-state index contributed by atoms with van der Waals surface area (Å²) in [6, 6.07) is 0.675. The van der Waals surface area contributed by atoms with Crippen molar-refractivity contribution in [2.45, 2.75) is 18.9 Å². The monoisotopic (exact) mass is 194 g/mol. The molecule has 1 fully saturated rings. The van der Waals surface area contributed by atoms with Crippen LogP contribution in [-0.2, 0) is 13.3 Å². The third kappa shape index (κ3) is 2.51. The van der Waals surface area contributed by atoms with E-state index in [2.05, 4.69) is 0 Å². The van der Waals surface area contributed by atoms with Gasteiger partial charge in [0.15, 0.2) is 0 Å². The fourth-order valence-corrected chi connectivity index (χ4v) is 3.42. The standard InChI is InChI=1S/C6H14O5Si/c7-5-10-12(11-6-8)4-2-1-3-9-12/h7-8H,1-6H2. The highest BCUT2D eigenvalue weighted by Gasteiger charge is 2.42. The van der Waals surface area contributed by atoms with Gasteiger partial charge in [0.1, 0.15) is 13.6 Å². The molecular formula is C6H14O5Si. The minimum Gasteiger partial charge on any atom is -0.373 e. The van der Waals surface area contributed by atoms with E-state index in [1.165, 1.54) is 0 Å². The summed E-state index contributed by atoms with van der Waals surface area (Å²) in [6.45, 7) is -0.231. The average molecular weight is 194 g/mol. The molecule has 0 saturated carbocycles. The number of hydrogen-bond donors (Lipinski definition) is 2. The number of rotatable bonds is 4. The Labute approximate surface area is 72.2 Å². The molecule has 12 heavy (non-hydrogen) atoms. The van der Waals surface area contributed by atoms with E-state index in [1.54, 1.807) is 0 Å². The molecule has 1 saturated heterocycles. The van der Waals surface area contributed by atoms with Gasteiger partial charge in [-0.2, -0.15) is 0 Å². The molecule has 0 radical (unpaired) electrons. The van der Waals surface area contributed by atoms with Crippen LogP contribution in [0.3, 0.4) is 0 Å². The van der Waals surface area contributed by atoms with E-state index in [0.717, 1.165) is 12.8 Å². The molecule has 0 unspecified atom stereocenters. The number of aliphatic hydroxyl groups excluding tert-OH is 2. The van der Waals surface area contributed by atoms with Crippen molar-refractivity contribution in [2.24, 2.45) is 0 Å². The Morgan fingerprint density at radius 3 is 2.25 bits per heavy atom. The zero-order valence-corrected chi connectivity index (χ0v) is 7.86. The summed E-state index contributed by atoms with van der Waals surface area (Å²) in [5.74, 6) is 0. The molecule has 0 atom stereocenters. The topological polar surface area (TPSA) is 68.2 Å². The lowest BCUT2D eigenvalue weighted by atomic mass is 10.4. The third-order valence-electron chi connectivity index (χ3n) is 1.77. The summed E-state index contributed by atoms with van der Waals surface area (Å²) < 4.78 is 15.3. The largest absolute Gasteiger partial charge is 0.504 e. The molecular weight excluding hydrogens is 180 g/mol. The molecule has 0 aromatic rings. The number of aliphatic hydroxyl groups is 2. The fraction of sp³-hybridized carbons (Fsp3) is 1.00. The highest BCUT2D eigenvalue weighted by atomic mass is 28.4. The van der Waals surface area contributed by atoms with Crippen LogP contribution in [0.25, 0.3) is 0 Å². The van der Waals surface area contributed by atoms with Gasteiger partial charge in [-0.1, -0.05) is 0 Å². The highest BCUT2D eigenvalue weighted by molar-refractivity contribution is 6.60. The Bertz CT molecular complexity index is 110. The van der Waals surface area contributed by atoms with Gasteiger partial charge in [0.05, 0.1) is 0 Å². The van der Waals surface area contributed by atoms with Gasteiger partial charge in [0.25, 0.3) is 0 Å². The van der Waals surface area contributed by atoms with Gasteiger partial charge >= 0.3 is 8.80 Å². The van der Waals surface area contributed by atoms with Crippen molar-refractivity contribution in [3.05, 3.63) is 0 Å². The minimum atomic E-state index is -2.68. The van der Waals surface area contributed by atoms with Crippen molar-refractivity contribution in [3.8, 4) is 0 Å². The molecule has 6 heteroatoms. The van der Waals surface area contributed by atoms with E-state index in [9.17, 15) is 0 Å². The van der Waals surface area contributed by atoms with Crippen LogP contribution in [0.15, 0.2) is 0 Å². The summed E-state index contributed by atoms with van der Waals surface area (Å²) in [4.78, 5) is 0. The predicted molar refractivity (Wildman–Crippen MR) is 42.1 cm³/mol. The van der Waals surface area contributed by atoms with E-state index in [0.29, 0.717) is 12.7 Å².